The molecule has 0 atom stereocenters. The number of fused-ring (bicyclic) bond motifs is 1. The summed E-state index contributed by atoms with van der Waals surface area (Å²) in [5.41, 5.74) is 1.83. The predicted octanol–water partition coefficient (Wildman–Crippen LogP) is 3.69. The van der Waals surface area contributed by atoms with Crippen molar-refractivity contribution in [3.8, 4) is 11.5 Å². The van der Waals surface area contributed by atoms with Crippen molar-refractivity contribution in [1.82, 2.24) is 4.98 Å². The summed E-state index contributed by atoms with van der Waals surface area (Å²) in [6.07, 6.45) is 1.56. The number of aromatic nitrogens is 1. The van der Waals surface area contributed by atoms with Gasteiger partial charge in [0.1, 0.15) is 11.5 Å². The van der Waals surface area contributed by atoms with Gasteiger partial charge in [-0.3, -0.25) is 9.79 Å². The Kier molecular flexibility index (Phi) is 4.61. The van der Waals surface area contributed by atoms with E-state index in [0.29, 0.717) is 12.2 Å². The van der Waals surface area contributed by atoms with Crippen LogP contribution in [0.15, 0.2) is 58.3 Å². The minimum absolute atomic E-state index is 0.178. The van der Waals surface area contributed by atoms with Crippen molar-refractivity contribution in [2.75, 3.05) is 13.7 Å². The maximum Gasteiger partial charge on any atom is 0.257 e. The average molecular weight is 322 g/mol. The van der Waals surface area contributed by atoms with E-state index in [1.54, 1.807) is 19.4 Å². The first kappa shape index (κ1) is 15.8. The summed E-state index contributed by atoms with van der Waals surface area (Å²) >= 11 is 0. The van der Waals surface area contributed by atoms with E-state index in [4.69, 9.17) is 9.47 Å². The molecule has 0 aliphatic rings. The Morgan fingerprint density at radius 3 is 2.54 bits per heavy atom. The van der Waals surface area contributed by atoms with Crippen LogP contribution in [0.2, 0.25) is 0 Å². The number of hydrogen-bond donors (Lipinski definition) is 1. The minimum atomic E-state index is -0.178. The zero-order valence-corrected chi connectivity index (χ0v) is 13.6. The standard InChI is InChI=1S/C19H18N2O3/c1-3-24-16-6-4-15(5-7-16)20-12-14-10-13-11-17(23-2)8-9-18(13)21-19(14)22/h4-12H,3H2,1-2H3,(H,21,22). The molecule has 0 saturated heterocycles. The smallest absolute Gasteiger partial charge is 0.257 e. The Balaban J connectivity index is 1.90. The number of ether oxygens (including phenoxy) is 2. The molecule has 24 heavy (non-hydrogen) atoms. The second-order valence-corrected chi connectivity index (χ2v) is 5.19. The second kappa shape index (κ2) is 7.00. The summed E-state index contributed by atoms with van der Waals surface area (Å²) in [4.78, 5) is 19.4. The molecule has 3 aromatic rings. The quantitative estimate of drug-likeness (QED) is 0.729. The molecule has 0 radical (unpaired) electrons. The highest BCUT2D eigenvalue weighted by Crippen LogP contribution is 2.20. The van der Waals surface area contributed by atoms with E-state index in [9.17, 15) is 4.79 Å². The molecule has 0 spiro atoms. The Bertz CT molecular complexity index is 927. The van der Waals surface area contributed by atoms with Crippen molar-refractivity contribution >= 4 is 22.8 Å². The van der Waals surface area contributed by atoms with Crippen LogP contribution in [0.4, 0.5) is 5.69 Å². The minimum Gasteiger partial charge on any atom is -0.497 e. The predicted molar refractivity (Wildman–Crippen MR) is 96.0 cm³/mol. The fourth-order valence-electron chi connectivity index (χ4n) is 2.36. The normalized spacial score (nSPS) is 11.1. The van der Waals surface area contributed by atoms with Gasteiger partial charge in [0, 0.05) is 17.1 Å². The first-order valence-corrected chi connectivity index (χ1v) is 7.67. The maximum absolute atomic E-state index is 12.2. The van der Waals surface area contributed by atoms with Gasteiger partial charge < -0.3 is 14.5 Å². The van der Waals surface area contributed by atoms with Crippen LogP contribution < -0.4 is 15.0 Å². The van der Waals surface area contributed by atoms with E-state index in [1.165, 1.54) is 0 Å². The van der Waals surface area contributed by atoms with Gasteiger partial charge in [0.25, 0.3) is 5.56 Å². The first-order chi connectivity index (χ1) is 11.7. The van der Waals surface area contributed by atoms with Crippen LogP contribution in [-0.2, 0) is 0 Å². The first-order valence-electron chi connectivity index (χ1n) is 7.67. The van der Waals surface area contributed by atoms with E-state index in [0.717, 1.165) is 28.1 Å². The number of aliphatic imine (C=N–C) groups is 1. The van der Waals surface area contributed by atoms with Crippen LogP contribution >= 0.6 is 0 Å². The van der Waals surface area contributed by atoms with Crippen LogP contribution in [-0.4, -0.2) is 24.9 Å². The number of benzene rings is 2. The number of rotatable bonds is 5. The fourth-order valence-corrected chi connectivity index (χ4v) is 2.36. The molecule has 0 amide bonds. The van der Waals surface area contributed by atoms with E-state index < -0.39 is 0 Å². The molecule has 5 heteroatoms. The number of pyridine rings is 1. The van der Waals surface area contributed by atoms with Crippen molar-refractivity contribution in [1.29, 1.82) is 0 Å². The Morgan fingerprint density at radius 2 is 1.83 bits per heavy atom. The van der Waals surface area contributed by atoms with Crippen LogP contribution in [0, 0.1) is 0 Å². The van der Waals surface area contributed by atoms with Gasteiger partial charge in [-0.1, -0.05) is 0 Å². The summed E-state index contributed by atoms with van der Waals surface area (Å²) in [5.74, 6) is 1.54. The SMILES string of the molecule is CCOc1ccc(N=Cc2cc3cc(OC)ccc3[nH]c2=O)cc1. The topological polar surface area (TPSA) is 63.7 Å². The molecule has 5 nitrogen and oxygen atoms in total. The van der Waals surface area contributed by atoms with Gasteiger partial charge in [-0.25, -0.2) is 0 Å². The lowest BCUT2D eigenvalue weighted by Crippen LogP contribution is -2.11. The lowest BCUT2D eigenvalue weighted by molar-refractivity contribution is 0.340. The van der Waals surface area contributed by atoms with Crippen molar-refractivity contribution in [3.05, 3.63) is 64.4 Å². The van der Waals surface area contributed by atoms with Crippen molar-refractivity contribution in [2.24, 2.45) is 4.99 Å². The zero-order valence-electron chi connectivity index (χ0n) is 13.6. The van der Waals surface area contributed by atoms with E-state index in [1.807, 2.05) is 49.4 Å². The molecule has 0 unspecified atom stereocenters. The van der Waals surface area contributed by atoms with E-state index in [-0.39, 0.29) is 5.56 Å². The molecule has 0 bridgehead atoms. The molecule has 0 fully saturated rings. The third-order valence-electron chi connectivity index (χ3n) is 3.58. The highest BCUT2D eigenvalue weighted by Gasteiger charge is 2.02. The monoisotopic (exact) mass is 322 g/mol. The number of methoxy groups -OCH3 is 1. The van der Waals surface area contributed by atoms with Gasteiger partial charge in [0.15, 0.2) is 0 Å². The summed E-state index contributed by atoms with van der Waals surface area (Å²) in [6.45, 7) is 2.56. The summed E-state index contributed by atoms with van der Waals surface area (Å²) in [7, 11) is 1.61. The van der Waals surface area contributed by atoms with E-state index in [2.05, 4.69) is 9.98 Å². The molecule has 3 rings (SSSR count). The third-order valence-corrected chi connectivity index (χ3v) is 3.58. The zero-order chi connectivity index (χ0) is 16.9. The molecule has 1 heterocycles. The molecule has 0 aliphatic heterocycles. The molecular weight excluding hydrogens is 304 g/mol. The lowest BCUT2D eigenvalue weighted by Gasteiger charge is -2.03. The van der Waals surface area contributed by atoms with Crippen molar-refractivity contribution in [2.45, 2.75) is 6.92 Å². The number of nitrogens with zero attached hydrogens (tertiary/aromatic N) is 1. The third kappa shape index (κ3) is 3.46. The molecule has 0 aliphatic carbocycles. The largest absolute Gasteiger partial charge is 0.497 e. The van der Waals surface area contributed by atoms with Crippen LogP contribution in [0.1, 0.15) is 12.5 Å². The molecule has 2 aromatic carbocycles. The number of aromatic amines is 1. The molecule has 0 saturated carbocycles. The van der Waals surface area contributed by atoms with Crippen LogP contribution in [0.3, 0.4) is 0 Å². The van der Waals surface area contributed by atoms with Gasteiger partial charge in [-0.15, -0.1) is 0 Å². The number of nitrogens with one attached hydrogen (secondary N) is 1. The Hall–Kier alpha value is -3.08. The molecule has 122 valence electrons. The number of hydrogen-bond acceptors (Lipinski definition) is 4. The van der Waals surface area contributed by atoms with Gasteiger partial charge >= 0.3 is 0 Å². The lowest BCUT2D eigenvalue weighted by atomic mass is 10.1. The summed E-state index contributed by atoms with van der Waals surface area (Å²) < 4.78 is 10.6. The van der Waals surface area contributed by atoms with Gasteiger partial charge in [-0.05, 0) is 55.5 Å². The van der Waals surface area contributed by atoms with Gasteiger partial charge in [0.2, 0.25) is 0 Å². The van der Waals surface area contributed by atoms with Crippen LogP contribution in [0.5, 0.6) is 11.5 Å². The van der Waals surface area contributed by atoms with Gasteiger partial charge in [-0.2, -0.15) is 0 Å². The summed E-state index contributed by atoms with van der Waals surface area (Å²) in [5, 5.41) is 0.891. The highest BCUT2D eigenvalue weighted by molar-refractivity contribution is 5.89. The average Bonchev–Trinajstić information content (AvgIpc) is 2.61. The Morgan fingerprint density at radius 1 is 1.08 bits per heavy atom. The van der Waals surface area contributed by atoms with E-state index >= 15 is 0 Å². The molecular formula is C19H18N2O3. The fraction of sp³-hybridized carbons (Fsp3) is 0.158. The summed E-state index contributed by atoms with van der Waals surface area (Å²) in [6, 6.07) is 14.7. The van der Waals surface area contributed by atoms with Crippen molar-refractivity contribution < 1.29 is 9.47 Å². The van der Waals surface area contributed by atoms with Gasteiger partial charge in [0.05, 0.1) is 25.0 Å². The second-order valence-electron chi connectivity index (χ2n) is 5.19. The molecule has 1 N–H and O–H groups in total. The van der Waals surface area contributed by atoms with Crippen molar-refractivity contribution in [3.63, 3.8) is 0 Å². The number of H-pyrrole nitrogens is 1. The maximum atomic E-state index is 12.2. The highest BCUT2D eigenvalue weighted by atomic mass is 16.5. The molecule has 1 aromatic heterocycles. The van der Waals surface area contributed by atoms with Crippen LogP contribution in [0.25, 0.3) is 10.9 Å². The Labute approximate surface area is 139 Å².